The van der Waals surface area contributed by atoms with Crippen LogP contribution in [0.2, 0.25) is 0 Å². The molecule has 33 heavy (non-hydrogen) atoms. The van der Waals surface area contributed by atoms with Crippen LogP contribution in [0.25, 0.3) is 0 Å². The summed E-state index contributed by atoms with van der Waals surface area (Å²) in [4.78, 5) is 4.59. The van der Waals surface area contributed by atoms with Gasteiger partial charge in [-0.25, -0.2) is 0 Å². The Hall–Kier alpha value is -0.160. The third-order valence-corrected chi connectivity index (χ3v) is 6.40. The van der Waals surface area contributed by atoms with Gasteiger partial charge in [0.25, 0.3) is 0 Å². The lowest BCUT2D eigenvalue weighted by Crippen LogP contribution is -2.48. The van der Waals surface area contributed by atoms with Gasteiger partial charge in [-0.3, -0.25) is 0 Å². The zero-order valence-corrected chi connectivity index (χ0v) is 23.8. The second-order valence-electron chi connectivity index (χ2n) is 11.0. The van der Waals surface area contributed by atoms with Gasteiger partial charge in [0.2, 0.25) is 0 Å². The summed E-state index contributed by atoms with van der Waals surface area (Å²) in [5.41, 5.74) is 0.0350. The smallest absolute Gasteiger partial charge is 0.0569 e. The third kappa shape index (κ3) is 22.1. The first-order valence-corrected chi connectivity index (χ1v) is 14.4. The predicted octanol–water partition coefficient (Wildman–Crippen LogP) is 7.41. The minimum atomic E-state index is 0.0350. The first kappa shape index (κ1) is 32.8. The molecule has 200 valence electrons. The Bertz CT molecular complexity index is 352. The fourth-order valence-electron chi connectivity index (χ4n) is 4.87. The largest absolute Gasteiger partial charge is 0.381 e. The molecule has 0 N–H and O–H groups in total. The summed E-state index contributed by atoms with van der Waals surface area (Å²) in [6.45, 7) is 9.91. The fraction of sp³-hybridized carbons (Fsp3) is 1.00. The zero-order valence-electron chi connectivity index (χ0n) is 23.8. The third-order valence-electron chi connectivity index (χ3n) is 6.40. The molecule has 0 rings (SSSR count). The SMILES string of the molecule is CCCCCCCCCCOCC(COCCCCCCCCCC)(CN(C)C)CN(C)C. The van der Waals surface area contributed by atoms with E-state index in [1.165, 1.54) is 103 Å². The summed E-state index contributed by atoms with van der Waals surface area (Å²) in [6, 6.07) is 0. The van der Waals surface area contributed by atoms with Crippen LogP contribution in [0.4, 0.5) is 0 Å². The van der Waals surface area contributed by atoms with Crippen molar-refractivity contribution in [2.24, 2.45) is 5.41 Å². The molecule has 0 aromatic carbocycles. The molecular formula is C29H62N2O2. The highest BCUT2D eigenvalue weighted by Gasteiger charge is 2.32. The average Bonchev–Trinajstić information content (AvgIpc) is 2.75. The van der Waals surface area contributed by atoms with Gasteiger partial charge >= 0.3 is 0 Å². The number of ether oxygens (including phenoxy) is 2. The van der Waals surface area contributed by atoms with E-state index in [0.717, 1.165) is 39.5 Å². The van der Waals surface area contributed by atoms with Crippen molar-refractivity contribution in [1.82, 2.24) is 9.80 Å². The molecule has 0 saturated carbocycles. The summed E-state index contributed by atoms with van der Waals surface area (Å²) in [5.74, 6) is 0. The molecule has 0 aromatic heterocycles. The highest BCUT2D eigenvalue weighted by atomic mass is 16.5. The number of hydrogen-bond acceptors (Lipinski definition) is 4. The quantitative estimate of drug-likeness (QED) is 0.123. The molecule has 4 heteroatoms. The molecule has 0 heterocycles. The van der Waals surface area contributed by atoms with E-state index in [2.05, 4.69) is 51.8 Å². The average molecular weight is 471 g/mol. The summed E-state index contributed by atoms with van der Waals surface area (Å²) in [5, 5.41) is 0. The van der Waals surface area contributed by atoms with Crippen LogP contribution in [0.3, 0.4) is 0 Å². The Morgan fingerprint density at radius 1 is 0.455 bits per heavy atom. The van der Waals surface area contributed by atoms with Crippen molar-refractivity contribution < 1.29 is 9.47 Å². The van der Waals surface area contributed by atoms with Gasteiger partial charge in [-0.1, -0.05) is 104 Å². The lowest BCUT2D eigenvalue weighted by Gasteiger charge is -2.38. The molecule has 0 aliphatic heterocycles. The summed E-state index contributed by atoms with van der Waals surface area (Å²) in [6.07, 6.45) is 21.5. The maximum Gasteiger partial charge on any atom is 0.0569 e. The molecule has 0 fully saturated rings. The first-order valence-electron chi connectivity index (χ1n) is 14.4. The number of hydrogen-bond donors (Lipinski definition) is 0. The molecular weight excluding hydrogens is 408 g/mol. The minimum Gasteiger partial charge on any atom is -0.381 e. The van der Waals surface area contributed by atoms with Crippen LogP contribution in [0.1, 0.15) is 117 Å². The number of nitrogens with zero attached hydrogens (tertiary/aromatic N) is 2. The lowest BCUT2D eigenvalue weighted by atomic mass is 9.88. The molecule has 0 saturated heterocycles. The highest BCUT2D eigenvalue weighted by Crippen LogP contribution is 2.22. The van der Waals surface area contributed by atoms with Crippen LogP contribution < -0.4 is 0 Å². The molecule has 0 spiro atoms. The van der Waals surface area contributed by atoms with E-state index < -0.39 is 0 Å². The van der Waals surface area contributed by atoms with E-state index in [0.29, 0.717) is 0 Å². The minimum absolute atomic E-state index is 0.0350. The zero-order chi connectivity index (χ0) is 24.6. The van der Waals surface area contributed by atoms with Crippen LogP contribution >= 0.6 is 0 Å². The van der Waals surface area contributed by atoms with Gasteiger partial charge in [0.1, 0.15) is 0 Å². The molecule has 0 unspecified atom stereocenters. The standard InChI is InChI=1S/C29H62N2O2/c1-7-9-11-13-15-17-19-21-23-32-27-29(25-30(3)4,26-31(5)6)28-33-24-22-20-18-16-14-12-10-8-2/h7-28H2,1-6H3. The summed E-state index contributed by atoms with van der Waals surface area (Å²) >= 11 is 0. The van der Waals surface area contributed by atoms with Crippen molar-refractivity contribution in [3.05, 3.63) is 0 Å². The Morgan fingerprint density at radius 3 is 1.06 bits per heavy atom. The van der Waals surface area contributed by atoms with Crippen molar-refractivity contribution in [2.45, 2.75) is 117 Å². The number of rotatable bonds is 26. The molecule has 0 atom stereocenters. The van der Waals surface area contributed by atoms with E-state index in [1.54, 1.807) is 0 Å². The molecule has 0 amide bonds. The van der Waals surface area contributed by atoms with E-state index in [4.69, 9.17) is 9.47 Å². The molecule has 4 nitrogen and oxygen atoms in total. The van der Waals surface area contributed by atoms with Crippen LogP contribution in [0.5, 0.6) is 0 Å². The second-order valence-corrected chi connectivity index (χ2v) is 11.0. The molecule has 0 radical (unpaired) electrons. The van der Waals surface area contributed by atoms with E-state index in [1.807, 2.05) is 0 Å². The van der Waals surface area contributed by atoms with Gasteiger partial charge < -0.3 is 19.3 Å². The van der Waals surface area contributed by atoms with Crippen LogP contribution in [-0.4, -0.2) is 77.5 Å². The van der Waals surface area contributed by atoms with E-state index in [-0.39, 0.29) is 5.41 Å². The normalized spacial score (nSPS) is 12.4. The Morgan fingerprint density at radius 2 is 0.758 bits per heavy atom. The van der Waals surface area contributed by atoms with Gasteiger partial charge in [0.15, 0.2) is 0 Å². The highest BCUT2D eigenvalue weighted by molar-refractivity contribution is 4.84. The van der Waals surface area contributed by atoms with Crippen molar-refractivity contribution in [1.29, 1.82) is 0 Å². The van der Waals surface area contributed by atoms with Gasteiger partial charge in [-0.2, -0.15) is 0 Å². The summed E-state index contributed by atoms with van der Waals surface area (Å²) < 4.78 is 12.5. The van der Waals surface area contributed by atoms with Crippen molar-refractivity contribution in [3.63, 3.8) is 0 Å². The Labute approximate surface area is 209 Å². The molecule has 0 aliphatic carbocycles. The fourth-order valence-corrected chi connectivity index (χ4v) is 4.87. The van der Waals surface area contributed by atoms with Crippen LogP contribution in [0.15, 0.2) is 0 Å². The maximum atomic E-state index is 6.26. The summed E-state index contributed by atoms with van der Waals surface area (Å²) in [7, 11) is 8.67. The van der Waals surface area contributed by atoms with E-state index in [9.17, 15) is 0 Å². The van der Waals surface area contributed by atoms with Crippen LogP contribution in [-0.2, 0) is 9.47 Å². The monoisotopic (exact) mass is 470 g/mol. The van der Waals surface area contributed by atoms with Gasteiger partial charge in [-0.05, 0) is 41.0 Å². The first-order chi connectivity index (χ1) is 16.0. The lowest BCUT2D eigenvalue weighted by molar-refractivity contribution is -0.0469. The topological polar surface area (TPSA) is 24.9 Å². The molecule has 0 aliphatic rings. The van der Waals surface area contributed by atoms with Gasteiger partial charge in [0.05, 0.1) is 13.2 Å². The molecule has 0 aromatic rings. The predicted molar refractivity (Wildman–Crippen MR) is 146 cm³/mol. The Kier molecular flexibility index (Phi) is 23.5. The second kappa shape index (κ2) is 23.6. The van der Waals surface area contributed by atoms with Crippen LogP contribution in [0, 0.1) is 5.41 Å². The van der Waals surface area contributed by atoms with Gasteiger partial charge in [-0.15, -0.1) is 0 Å². The Balaban J connectivity index is 4.21. The van der Waals surface area contributed by atoms with Gasteiger partial charge in [0, 0.05) is 31.7 Å². The molecule has 0 bridgehead atoms. The maximum absolute atomic E-state index is 6.26. The van der Waals surface area contributed by atoms with E-state index >= 15 is 0 Å². The van der Waals surface area contributed by atoms with Crippen molar-refractivity contribution in [3.8, 4) is 0 Å². The number of unbranched alkanes of at least 4 members (excludes halogenated alkanes) is 14. The van der Waals surface area contributed by atoms with Crippen molar-refractivity contribution >= 4 is 0 Å². The van der Waals surface area contributed by atoms with Crippen molar-refractivity contribution in [2.75, 3.05) is 67.7 Å².